The minimum Gasteiger partial charge on any atom is -0.459 e. The van der Waals surface area contributed by atoms with Gasteiger partial charge in [-0.1, -0.05) is 20.8 Å². The summed E-state index contributed by atoms with van der Waals surface area (Å²) in [6.45, 7) is 9.48. The maximum absolute atomic E-state index is 11.5. The van der Waals surface area contributed by atoms with Gasteiger partial charge in [0.25, 0.3) is 0 Å². The molecule has 2 N–H and O–H groups in total. The first-order valence-electron chi connectivity index (χ1n) is 8.21. The molecule has 0 unspecified atom stereocenters. The van der Waals surface area contributed by atoms with Crippen LogP contribution in [0.4, 0.5) is 0 Å². The van der Waals surface area contributed by atoms with Crippen LogP contribution in [0.3, 0.4) is 0 Å². The van der Waals surface area contributed by atoms with Crippen LogP contribution in [-0.4, -0.2) is 33.5 Å². The summed E-state index contributed by atoms with van der Waals surface area (Å²) in [6, 6.07) is 0. The minimum absolute atomic E-state index is 0.173. The Morgan fingerprint density at radius 1 is 1.24 bits per heavy atom. The number of aliphatic hydroxyl groups is 2. The Bertz CT molecular complexity index is 404. The van der Waals surface area contributed by atoms with Gasteiger partial charge in [-0.05, 0) is 50.4 Å². The fraction of sp³-hybridized carbons (Fsp3) is 0.941. The van der Waals surface area contributed by atoms with Gasteiger partial charge in [-0.2, -0.15) is 0 Å². The number of carbonyl (C=O) groups is 1. The van der Waals surface area contributed by atoms with E-state index in [0.29, 0.717) is 18.8 Å². The van der Waals surface area contributed by atoms with Gasteiger partial charge in [-0.25, -0.2) is 0 Å². The zero-order valence-corrected chi connectivity index (χ0v) is 13.9. The van der Waals surface area contributed by atoms with Crippen LogP contribution in [0.15, 0.2) is 0 Å². The highest BCUT2D eigenvalue weighted by Gasteiger charge is 2.60. The molecule has 122 valence electrons. The van der Waals surface area contributed by atoms with Crippen LogP contribution in [0.1, 0.15) is 60.3 Å². The van der Waals surface area contributed by atoms with Gasteiger partial charge in [-0.15, -0.1) is 0 Å². The topological polar surface area (TPSA) is 66.8 Å². The Kier molecular flexibility index (Phi) is 4.42. The van der Waals surface area contributed by atoms with E-state index >= 15 is 0 Å². The smallest absolute Gasteiger partial charge is 0.303 e. The first-order valence-corrected chi connectivity index (χ1v) is 8.21. The molecule has 0 radical (unpaired) electrons. The minimum atomic E-state index is -1.06. The summed E-state index contributed by atoms with van der Waals surface area (Å²) >= 11 is 0. The molecule has 6 atom stereocenters. The molecule has 0 aromatic rings. The lowest BCUT2D eigenvalue weighted by Crippen LogP contribution is -2.66. The van der Waals surface area contributed by atoms with Crippen molar-refractivity contribution in [1.29, 1.82) is 0 Å². The molecule has 0 spiro atoms. The molecular formula is C17H30O4. The van der Waals surface area contributed by atoms with E-state index in [2.05, 4.69) is 20.8 Å². The van der Waals surface area contributed by atoms with E-state index in [9.17, 15) is 15.0 Å². The van der Waals surface area contributed by atoms with Crippen molar-refractivity contribution in [2.45, 2.75) is 77.6 Å². The molecule has 4 heteroatoms. The highest BCUT2D eigenvalue weighted by molar-refractivity contribution is 5.66. The molecule has 2 fully saturated rings. The third-order valence-corrected chi connectivity index (χ3v) is 5.94. The number of ether oxygens (including phenoxy) is 1. The summed E-state index contributed by atoms with van der Waals surface area (Å²) in [5.74, 6) is 0.258. The standard InChI is InChI=1S/C17H30O4/c1-10(2)13-7-6-11(3)17(20)9-8-16(5,19)15(14(13)17)21-12(4)18/h10-11,13-15,19-20H,6-9H2,1-5H3/t11-,13+,14-,15-,16-,17+/m1/s1. The summed E-state index contributed by atoms with van der Waals surface area (Å²) in [4.78, 5) is 11.5. The van der Waals surface area contributed by atoms with Crippen LogP contribution in [-0.2, 0) is 9.53 Å². The molecule has 2 aliphatic carbocycles. The van der Waals surface area contributed by atoms with Gasteiger partial charge in [0.05, 0.1) is 11.2 Å². The summed E-state index contributed by atoms with van der Waals surface area (Å²) in [7, 11) is 0. The number of hydrogen-bond acceptors (Lipinski definition) is 4. The largest absolute Gasteiger partial charge is 0.459 e. The molecule has 21 heavy (non-hydrogen) atoms. The van der Waals surface area contributed by atoms with Crippen LogP contribution < -0.4 is 0 Å². The zero-order chi connectivity index (χ0) is 16.0. The first kappa shape index (κ1) is 16.8. The maximum atomic E-state index is 11.5. The lowest BCUT2D eigenvalue weighted by atomic mass is 9.53. The monoisotopic (exact) mass is 298 g/mol. The fourth-order valence-corrected chi connectivity index (χ4v) is 4.58. The van der Waals surface area contributed by atoms with Crippen LogP contribution in [0.5, 0.6) is 0 Å². The summed E-state index contributed by atoms with van der Waals surface area (Å²) in [6.07, 6.45) is 2.42. The number of esters is 1. The Balaban J connectivity index is 2.44. The summed E-state index contributed by atoms with van der Waals surface area (Å²) in [5, 5.41) is 22.0. The average molecular weight is 298 g/mol. The van der Waals surface area contributed by atoms with Crippen molar-refractivity contribution in [3.8, 4) is 0 Å². The van der Waals surface area contributed by atoms with Gasteiger partial charge in [0.2, 0.25) is 0 Å². The van der Waals surface area contributed by atoms with Crippen LogP contribution >= 0.6 is 0 Å². The first-order chi connectivity index (χ1) is 9.59. The normalized spacial score (nSPS) is 47.0. The third kappa shape index (κ3) is 2.85. The van der Waals surface area contributed by atoms with Crippen molar-refractivity contribution in [2.75, 3.05) is 0 Å². The molecule has 4 nitrogen and oxygen atoms in total. The Hall–Kier alpha value is -0.610. The number of hydrogen-bond donors (Lipinski definition) is 2. The van der Waals surface area contributed by atoms with E-state index in [0.717, 1.165) is 12.8 Å². The van der Waals surface area contributed by atoms with Gasteiger partial charge in [-0.3, -0.25) is 4.79 Å². The Labute approximate surface area is 127 Å². The van der Waals surface area contributed by atoms with Crippen molar-refractivity contribution in [1.82, 2.24) is 0 Å². The van der Waals surface area contributed by atoms with Gasteiger partial charge >= 0.3 is 5.97 Å². The molecular weight excluding hydrogens is 268 g/mol. The second kappa shape index (κ2) is 5.54. The second-order valence-electron chi connectivity index (χ2n) is 7.79. The van der Waals surface area contributed by atoms with Crippen molar-refractivity contribution < 1.29 is 19.7 Å². The lowest BCUT2D eigenvalue weighted by Gasteiger charge is -2.58. The molecule has 0 aliphatic heterocycles. The zero-order valence-electron chi connectivity index (χ0n) is 13.9. The van der Waals surface area contributed by atoms with E-state index in [1.54, 1.807) is 6.92 Å². The number of carbonyl (C=O) groups excluding carboxylic acids is 1. The quantitative estimate of drug-likeness (QED) is 0.769. The molecule has 0 aromatic heterocycles. The molecule has 2 aliphatic rings. The van der Waals surface area contributed by atoms with E-state index in [4.69, 9.17) is 4.74 Å². The highest BCUT2D eigenvalue weighted by atomic mass is 16.6. The summed E-state index contributed by atoms with van der Waals surface area (Å²) in [5.41, 5.74) is -1.90. The predicted molar refractivity (Wildman–Crippen MR) is 80.6 cm³/mol. The van der Waals surface area contributed by atoms with Gasteiger partial charge in [0.1, 0.15) is 6.10 Å². The average Bonchev–Trinajstić information content (AvgIpc) is 2.35. The van der Waals surface area contributed by atoms with Crippen molar-refractivity contribution in [3.63, 3.8) is 0 Å². The molecule has 0 amide bonds. The molecule has 0 aromatic carbocycles. The number of rotatable bonds is 2. The van der Waals surface area contributed by atoms with Crippen LogP contribution in [0.25, 0.3) is 0 Å². The molecule has 0 bridgehead atoms. The SMILES string of the molecule is CC(=O)O[C@@H]1[C@H]2[C@H](C(C)C)CC[C@@H](C)[C@@]2(O)CC[C@@]1(C)O. The van der Waals surface area contributed by atoms with Crippen molar-refractivity contribution in [2.24, 2.45) is 23.7 Å². The Morgan fingerprint density at radius 3 is 2.38 bits per heavy atom. The molecule has 0 heterocycles. The van der Waals surface area contributed by atoms with E-state index in [1.165, 1.54) is 6.92 Å². The maximum Gasteiger partial charge on any atom is 0.303 e. The van der Waals surface area contributed by atoms with E-state index in [-0.39, 0.29) is 23.7 Å². The third-order valence-electron chi connectivity index (χ3n) is 5.94. The fourth-order valence-electron chi connectivity index (χ4n) is 4.58. The molecule has 2 saturated carbocycles. The molecule has 0 saturated heterocycles. The van der Waals surface area contributed by atoms with Gasteiger partial charge < -0.3 is 14.9 Å². The second-order valence-corrected chi connectivity index (χ2v) is 7.79. The van der Waals surface area contributed by atoms with Crippen LogP contribution in [0, 0.1) is 23.7 Å². The lowest BCUT2D eigenvalue weighted by molar-refractivity contribution is -0.245. The van der Waals surface area contributed by atoms with Gasteiger partial charge in [0, 0.05) is 12.8 Å². The van der Waals surface area contributed by atoms with Crippen molar-refractivity contribution >= 4 is 5.97 Å². The van der Waals surface area contributed by atoms with E-state index < -0.39 is 17.3 Å². The van der Waals surface area contributed by atoms with Crippen LogP contribution in [0.2, 0.25) is 0 Å². The highest BCUT2D eigenvalue weighted by Crippen LogP contribution is 2.54. The summed E-state index contributed by atoms with van der Waals surface area (Å²) < 4.78 is 5.52. The van der Waals surface area contributed by atoms with Crippen molar-refractivity contribution in [3.05, 3.63) is 0 Å². The number of fused-ring (bicyclic) bond motifs is 1. The molecule has 2 rings (SSSR count). The van der Waals surface area contributed by atoms with E-state index in [1.807, 2.05) is 0 Å². The Morgan fingerprint density at radius 2 is 1.86 bits per heavy atom. The van der Waals surface area contributed by atoms with Gasteiger partial charge in [0.15, 0.2) is 0 Å². The predicted octanol–water partition coefficient (Wildman–Crippen LogP) is 2.51.